The molecule has 42 heavy (non-hydrogen) atoms. The second kappa shape index (κ2) is 12.6. The van der Waals surface area contributed by atoms with Crippen LogP contribution in [0.1, 0.15) is 51.5 Å². The molecule has 3 aromatic rings. The Hall–Kier alpha value is -3.82. The van der Waals surface area contributed by atoms with Crippen molar-refractivity contribution in [1.29, 1.82) is 0 Å². The van der Waals surface area contributed by atoms with E-state index in [1.54, 1.807) is 40.1 Å². The Morgan fingerprint density at radius 2 is 1.38 bits per heavy atom. The van der Waals surface area contributed by atoms with Crippen molar-refractivity contribution >= 4 is 11.8 Å². The van der Waals surface area contributed by atoms with E-state index in [0.29, 0.717) is 43.1 Å². The Labute approximate surface area is 244 Å². The molecule has 0 aliphatic carbocycles. The Balaban J connectivity index is 1.15. The molecule has 3 heterocycles. The molecular weight excluding hydrogens is 538 g/mol. The van der Waals surface area contributed by atoms with Crippen molar-refractivity contribution in [3.63, 3.8) is 0 Å². The first-order chi connectivity index (χ1) is 20.4. The molecule has 0 radical (unpaired) electrons. The third-order valence-corrected chi connectivity index (χ3v) is 8.52. The van der Waals surface area contributed by atoms with Crippen LogP contribution in [0.3, 0.4) is 0 Å². The molecule has 0 saturated carbocycles. The van der Waals surface area contributed by atoms with Crippen molar-refractivity contribution in [2.75, 3.05) is 52.4 Å². The van der Waals surface area contributed by atoms with Crippen molar-refractivity contribution in [3.05, 3.63) is 89.0 Å². The fraction of sp³-hybridized carbons (Fsp3) is 0.394. The van der Waals surface area contributed by atoms with E-state index in [0.717, 1.165) is 62.1 Å². The van der Waals surface area contributed by atoms with Crippen LogP contribution < -0.4 is 15.4 Å². The third-order valence-electron chi connectivity index (χ3n) is 8.52. The van der Waals surface area contributed by atoms with Crippen LogP contribution in [-0.4, -0.2) is 80.1 Å². The lowest BCUT2D eigenvalue weighted by Crippen LogP contribution is -2.50. The Kier molecular flexibility index (Phi) is 8.48. The van der Waals surface area contributed by atoms with Crippen LogP contribution in [0, 0.1) is 11.6 Å². The second-order valence-electron chi connectivity index (χ2n) is 11.3. The molecule has 7 nitrogen and oxygen atoms in total. The van der Waals surface area contributed by atoms with Gasteiger partial charge in [0, 0.05) is 49.4 Å². The molecule has 0 spiro atoms. The van der Waals surface area contributed by atoms with Gasteiger partial charge in [0.2, 0.25) is 0 Å². The summed E-state index contributed by atoms with van der Waals surface area (Å²) in [5, 5.41) is 6.61. The summed E-state index contributed by atoms with van der Waals surface area (Å²) in [6.07, 6.45) is 2.77. The molecule has 220 valence electrons. The summed E-state index contributed by atoms with van der Waals surface area (Å²) in [5.41, 5.74) is 3.24. The number of benzene rings is 3. The molecule has 2 amide bonds. The third kappa shape index (κ3) is 6.32. The maximum atomic E-state index is 14.5. The number of halogens is 2. The van der Waals surface area contributed by atoms with Crippen molar-refractivity contribution in [3.8, 4) is 16.9 Å². The highest BCUT2D eigenvalue weighted by atomic mass is 19.1. The van der Waals surface area contributed by atoms with Crippen LogP contribution in [0.15, 0.2) is 60.7 Å². The zero-order chi connectivity index (χ0) is 29.1. The van der Waals surface area contributed by atoms with Gasteiger partial charge in [-0.05, 0) is 104 Å². The van der Waals surface area contributed by atoms with E-state index in [2.05, 4.69) is 10.6 Å². The monoisotopic (exact) mass is 574 g/mol. The normalized spacial score (nSPS) is 19.6. The van der Waals surface area contributed by atoms with E-state index in [4.69, 9.17) is 4.74 Å². The average molecular weight is 575 g/mol. The number of piperazine rings is 1. The average Bonchev–Trinajstić information content (AvgIpc) is 3.54. The summed E-state index contributed by atoms with van der Waals surface area (Å²) in [4.78, 5) is 30.3. The molecular formula is C33H36F2N4O3. The van der Waals surface area contributed by atoms with Gasteiger partial charge in [-0.2, -0.15) is 0 Å². The number of nitrogens with zero attached hydrogens (tertiary/aromatic N) is 2. The van der Waals surface area contributed by atoms with Crippen LogP contribution in [-0.2, 0) is 0 Å². The van der Waals surface area contributed by atoms with Crippen LogP contribution in [0.2, 0.25) is 0 Å². The Morgan fingerprint density at radius 1 is 0.714 bits per heavy atom. The van der Waals surface area contributed by atoms with Crippen LogP contribution >= 0.6 is 0 Å². The summed E-state index contributed by atoms with van der Waals surface area (Å²) in [7, 11) is 0. The quantitative estimate of drug-likeness (QED) is 0.456. The smallest absolute Gasteiger partial charge is 0.254 e. The highest BCUT2D eigenvalue weighted by Gasteiger charge is 2.28. The Bertz CT molecular complexity index is 1430. The minimum absolute atomic E-state index is 0.0326. The zero-order valence-corrected chi connectivity index (χ0v) is 23.6. The summed E-state index contributed by atoms with van der Waals surface area (Å²) in [6, 6.07) is 16.2. The number of rotatable bonds is 6. The van der Waals surface area contributed by atoms with E-state index in [1.165, 1.54) is 18.2 Å². The molecule has 0 aromatic heterocycles. The van der Waals surface area contributed by atoms with E-state index in [9.17, 15) is 18.4 Å². The van der Waals surface area contributed by atoms with Gasteiger partial charge in [-0.15, -0.1) is 0 Å². The summed E-state index contributed by atoms with van der Waals surface area (Å²) in [6.45, 7) is 4.90. The molecule has 2 N–H and O–H groups in total. The van der Waals surface area contributed by atoms with Crippen LogP contribution in [0.5, 0.6) is 5.75 Å². The fourth-order valence-corrected chi connectivity index (χ4v) is 6.13. The van der Waals surface area contributed by atoms with E-state index < -0.39 is 5.82 Å². The van der Waals surface area contributed by atoms with Gasteiger partial charge in [0.1, 0.15) is 23.5 Å². The minimum Gasteiger partial charge on any atom is -0.488 e. The van der Waals surface area contributed by atoms with Crippen molar-refractivity contribution in [2.24, 2.45) is 0 Å². The van der Waals surface area contributed by atoms with Crippen molar-refractivity contribution in [1.82, 2.24) is 20.4 Å². The minimum atomic E-state index is -0.392. The van der Waals surface area contributed by atoms with Crippen molar-refractivity contribution < 1.29 is 23.1 Å². The predicted molar refractivity (Wildman–Crippen MR) is 157 cm³/mol. The lowest BCUT2D eigenvalue weighted by Gasteiger charge is -2.35. The molecule has 3 fully saturated rings. The summed E-state index contributed by atoms with van der Waals surface area (Å²) < 4.78 is 34.4. The largest absolute Gasteiger partial charge is 0.488 e. The lowest BCUT2D eigenvalue weighted by atomic mass is 9.89. The van der Waals surface area contributed by atoms with Gasteiger partial charge in [0.15, 0.2) is 0 Å². The topological polar surface area (TPSA) is 73.9 Å². The molecule has 3 aliphatic heterocycles. The second-order valence-corrected chi connectivity index (χ2v) is 11.3. The fourth-order valence-electron chi connectivity index (χ4n) is 6.13. The number of hydrogen-bond acceptors (Lipinski definition) is 5. The summed E-state index contributed by atoms with van der Waals surface area (Å²) >= 11 is 0. The van der Waals surface area contributed by atoms with Gasteiger partial charge in [-0.25, -0.2) is 8.78 Å². The van der Waals surface area contributed by atoms with Crippen LogP contribution in [0.4, 0.5) is 8.78 Å². The Morgan fingerprint density at radius 3 is 2.05 bits per heavy atom. The van der Waals surface area contributed by atoms with Crippen molar-refractivity contribution in [2.45, 2.75) is 31.3 Å². The first kappa shape index (κ1) is 28.3. The number of nitrogens with one attached hydrogen (secondary N) is 2. The van der Waals surface area contributed by atoms with Gasteiger partial charge < -0.3 is 25.2 Å². The molecule has 3 saturated heterocycles. The zero-order valence-electron chi connectivity index (χ0n) is 23.6. The number of piperidine rings is 1. The molecule has 3 aromatic carbocycles. The van der Waals surface area contributed by atoms with Gasteiger partial charge in [0.05, 0.1) is 0 Å². The number of amides is 2. The first-order valence-electron chi connectivity index (χ1n) is 14.8. The highest BCUT2D eigenvalue weighted by molar-refractivity contribution is 5.97. The van der Waals surface area contributed by atoms with E-state index in [-0.39, 0.29) is 29.7 Å². The predicted octanol–water partition coefficient (Wildman–Crippen LogP) is 4.44. The van der Waals surface area contributed by atoms with Gasteiger partial charge >= 0.3 is 0 Å². The van der Waals surface area contributed by atoms with Gasteiger partial charge in [0.25, 0.3) is 11.8 Å². The SMILES string of the molecule is O=C(c1cc(F)cc(C2CCNCC2)c1)N1CCN(C(=O)c2ccc(O[C@H]3CCNC3)c(-c3ccc(F)cc3)c2)CC1. The number of carbonyl (C=O) groups excluding carboxylic acids is 2. The molecule has 0 unspecified atom stereocenters. The van der Waals surface area contributed by atoms with Gasteiger partial charge in [-0.1, -0.05) is 12.1 Å². The first-order valence-corrected chi connectivity index (χ1v) is 14.8. The maximum absolute atomic E-state index is 14.5. The molecule has 0 bridgehead atoms. The van der Waals surface area contributed by atoms with E-state index in [1.807, 2.05) is 12.1 Å². The number of hydrogen-bond donors (Lipinski definition) is 2. The highest BCUT2D eigenvalue weighted by Crippen LogP contribution is 2.33. The standard InChI is InChI=1S/C33H36F2N4O3/c34-27-4-1-23(2-5-27)30-20-24(3-6-31(30)42-29-9-12-37-21-29)32(40)38-13-15-39(16-14-38)33(41)26-17-25(18-28(35)19-26)22-7-10-36-11-8-22/h1-6,17-20,22,29,36-37H,7-16,21H2/t29-/m0/s1. The van der Waals surface area contributed by atoms with Crippen LogP contribution in [0.25, 0.3) is 11.1 Å². The maximum Gasteiger partial charge on any atom is 0.254 e. The molecule has 1 atom stereocenters. The number of ether oxygens (including phenoxy) is 1. The van der Waals surface area contributed by atoms with Gasteiger partial charge in [-0.3, -0.25) is 9.59 Å². The summed E-state index contributed by atoms with van der Waals surface area (Å²) in [5.74, 6) is -0.175. The molecule has 3 aliphatic rings. The molecule has 6 rings (SSSR count). The lowest BCUT2D eigenvalue weighted by molar-refractivity contribution is 0.0535. The number of carbonyl (C=O) groups is 2. The molecule has 9 heteroatoms. The van der Waals surface area contributed by atoms with E-state index >= 15 is 0 Å².